The summed E-state index contributed by atoms with van der Waals surface area (Å²) in [6.07, 6.45) is 0. The molecule has 1 aliphatic rings. The van der Waals surface area contributed by atoms with Gasteiger partial charge in [0, 0.05) is 44.8 Å². The second-order valence-electron chi connectivity index (χ2n) is 7.86. The minimum atomic E-state index is -3.45. The number of carbonyl (C=O) groups excluding carboxylic acids is 1. The van der Waals surface area contributed by atoms with Crippen LogP contribution in [0, 0.1) is 0 Å². The molecule has 166 valence electrons. The Bertz CT molecular complexity index is 1140. The number of nitrogens with zero attached hydrogens (tertiary/aromatic N) is 2. The van der Waals surface area contributed by atoms with E-state index in [1.165, 1.54) is 0 Å². The summed E-state index contributed by atoms with van der Waals surface area (Å²) < 4.78 is 27.1. The summed E-state index contributed by atoms with van der Waals surface area (Å²) >= 11 is 0. The molecule has 4 rings (SSSR count). The lowest BCUT2D eigenvalue weighted by molar-refractivity contribution is 0.0950. The molecule has 0 aromatic heterocycles. The van der Waals surface area contributed by atoms with Gasteiger partial charge in [0.15, 0.2) is 0 Å². The van der Waals surface area contributed by atoms with Crippen molar-refractivity contribution in [3.63, 3.8) is 0 Å². The van der Waals surface area contributed by atoms with Gasteiger partial charge in [-0.2, -0.15) is 4.31 Å². The molecule has 1 fully saturated rings. The molecule has 7 heteroatoms. The maximum absolute atomic E-state index is 12.8. The van der Waals surface area contributed by atoms with E-state index < -0.39 is 10.0 Å². The standard InChI is InChI=1S/C25H27N3O3S/c29-25(26-19-21-8-3-1-4-9-21)23-11-7-10-22(18-23)20-27-14-16-28(17-15-27)32(30,31)24-12-5-2-6-13-24/h1-13,18H,14-17,19-20H2,(H,26,29). The van der Waals surface area contributed by atoms with Crippen LogP contribution in [0.2, 0.25) is 0 Å². The molecule has 1 amide bonds. The molecule has 1 saturated heterocycles. The predicted octanol–water partition coefficient (Wildman–Crippen LogP) is 3.12. The van der Waals surface area contributed by atoms with E-state index in [1.807, 2.05) is 60.7 Å². The van der Waals surface area contributed by atoms with Gasteiger partial charge in [-0.1, -0.05) is 60.7 Å². The fourth-order valence-corrected chi connectivity index (χ4v) is 5.26. The van der Waals surface area contributed by atoms with Crippen LogP contribution < -0.4 is 5.32 Å². The number of sulfonamides is 1. The summed E-state index contributed by atoms with van der Waals surface area (Å²) in [5.41, 5.74) is 2.72. The minimum absolute atomic E-state index is 0.102. The van der Waals surface area contributed by atoms with Crippen LogP contribution in [0.1, 0.15) is 21.5 Å². The van der Waals surface area contributed by atoms with Crippen LogP contribution >= 0.6 is 0 Å². The Balaban J connectivity index is 1.32. The Morgan fingerprint density at radius 2 is 1.41 bits per heavy atom. The lowest BCUT2D eigenvalue weighted by atomic mass is 10.1. The van der Waals surface area contributed by atoms with Crippen molar-refractivity contribution in [2.75, 3.05) is 26.2 Å². The molecule has 0 radical (unpaired) electrons. The predicted molar refractivity (Wildman–Crippen MR) is 125 cm³/mol. The number of rotatable bonds is 7. The molecule has 3 aromatic rings. The fourth-order valence-electron chi connectivity index (χ4n) is 3.82. The molecule has 0 bridgehead atoms. The molecule has 1 heterocycles. The van der Waals surface area contributed by atoms with E-state index in [0.29, 0.717) is 49.7 Å². The molecule has 0 atom stereocenters. The molecule has 3 aromatic carbocycles. The highest BCUT2D eigenvalue weighted by atomic mass is 32.2. The number of hydrogen-bond donors (Lipinski definition) is 1. The Labute approximate surface area is 189 Å². The Morgan fingerprint density at radius 3 is 2.09 bits per heavy atom. The zero-order valence-corrected chi connectivity index (χ0v) is 18.7. The van der Waals surface area contributed by atoms with E-state index in [4.69, 9.17) is 0 Å². The summed E-state index contributed by atoms with van der Waals surface area (Å²) in [6, 6.07) is 26.0. The number of carbonyl (C=O) groups is 1. The minimum Gasteiger partial charge on any atom is -0.348 e. The van der Waals surface area contributed by atoms with Crippen molar-refractivity contribution >= 4 is 15.9 Å². The monoisotopic (exact) mass is 449 g/mol. The molecule has 1 aliphatic heterocycles. The first-order valence-corrected chi connectivity index (χ1v) is 12.1. The van der Waals surface area contributed by atoms with Crippen LogP contribution in [-0.4, -0.2) is 49.7 Å². The van der Waals surface area contributed by atoms with Crippen molar-refractivity contribution in [3.8, 4) is 0 Å². The second-order valence-corrected chi connectivity index (χ2v) is 9.80. The zero-order valence-electron chi connectivity index (χ0n) is 17.9. The third-order valence-corrected chi connectivity index (χ3v) is 7.52. The maximum atomic E-state index is 12.8. The summed E-state index contributed by atoms with van der Waals surface area (Å²) in [6.45, 7) is 3.37. The summed E-state index contributed by atoms with van der Waals surface area (Å²) in [5, 5.41) is 2.96. The van der Waals surface area contributed by atoms with Gasteiger partial charge >= 0.3 is 0 Å². The van der Waals surface area contributed by atoms with Crippen molar-refractivity contribution < 1.29 is 13.2 Å². The first-order valence-electron chi connectivity index (χ1n) is 10.7. The number of benzene rings is 3. The average molecular weight is 450 g/mol. The Hall–Kier alpha value is -3.00. The summed E-state index contributed by atoms with van der Waals surface area (Å²) in [5.74, 6) is -0.102. The third-order valence-electron chi connectivity index (χ3n) is 5.60. The van der Waals surface area contributed by atoms with Gasteiger partial charge in [-0.25, -0.2) is 8.42 Å². The highest BCUT2D eigenvalue weighted by molar-refractivity contribution is 7.89. The third kappa shape index (κ3) is 5.43. The van der Waals surface area contributed by atoms with Crippen LogP contribution in [0.5, 0.6) is 0 Å². The van der Waals surface area contributed by atoms with Crippen molar-refractivity contribution in [2.24, 2.45) is 0 Å². The van der Waals surface area contributed by atoms with Crippen LogP contribution in [-0.2, 0) is 23.1 Å². The largest absolute Gasteiger partial charge is 0.348 e. The lowest BCUT2D eigenvalue weighted by Crippen LogP contribution is -2.48. The smallest absolute Gasteiger partial charge is 0.251 e. The molecule has 1 N–H and O–H groups in total. The molecule has 32 heavy (non-hydrogen) atoms. The summed E-state index contributed by atoms with van der Waals surface area (Å²) in [7, 11) is -3.45. The molecule has 0 saturated carbocycles. The maximum Gasteiger partial charge on any atom is 0.251 e. The molecular formula is C25H27N3O3S. The van der Waals surface area contributed by atoms with E-state index >= 15 is 0 Å². The molecule has 6 nitrogen and oxygen atoms in total. The van der Waals surface area contributed by atoms with E-state index in [-0.39, 0.29) is 5.91 Å². The number of nitrogens with one attached hydrogen (secondary N) is 1. The van der Waals surface area contributed by atoms with E-state index in [0.717, 1.165) is 11.1 Å². The van der Waals surface area contributed by atoms with E-state index in [2.05, 4.69) is 10.2 Å². The number of amides is 1. The highest BCUT2D eigenvalue weighted by Crippen LogP contribution is 2.18. The molecule has 0 spiro atoms. The Kier molecular flexibility index (Phi) is 6.99. The van der Waals surface area contributed by atoms with Crippen molar-refractivity contribution in [3.05, 3.63) is 102 Å². The normalized spacial score (nSPS) is 15.4. The van der Waals surface area contributed by atoms with Gasteiger partial charge in [0.2, 0.25) is 10.0 Å². The quantitative estimate of drug-likeness (QED) is 0.602. The van der Waals surface area contributed by atoms with Gasteiger partial charge in [0.1, 0.15) is 0 Å². The lowest BCUT2D eigenvalue weighted by Gasteiger charge is -2.34. The first-order chi connectivity index (χ1) is 15.5. The van der Waals surface area contributed by atoms with Crippen LogP contribution in [0.25, 0.3) is 0 Å². The van der Waals surface area contributed by atoms with Gasteiger partial charge < -0.3 is 5.32 Å². The van der Waals surface area contributed by atoms with Crippen molar-refractivity contribution in [2.45, 2.75) is 18.0 Å². The molecular weight excluding hydrogens is 422 g/mol. The van der Waals surface area contributed by atoms with Crippen molar-refractivity contribution in [1.29, 1.82) is 0 Å². The van der Waals surface area contributed by atoms with E-state index in [9.17, 15) is 13.2 Å². The summed E-state index contributed by atoms with van der Waals surface area (Å²) in [4.78, 5) is 15.1. The zero-order chi connectivity index (χ0) is 22.4. The first kappa shape index (κ1) is 22.2. The molecule has 0 aliphatic carbocycles. The second kappa shape index (κ2) is 10.1. The van der Waals surface area contributed by atoms with Crippen LogP contribution in [0.3, 0.4) is 0 Å². The number of hydrogen-bond acceptors (Lipinski definition) is 4. The van der Waals surface area contributed by atoms with Crippen molar-refractivity contribution in [1.82, 2.24) is 14.5 Å². The van der Waals surface area contributed by atoms with Gasteiger partial charge in [0.05, 0.1) is 4.90 Å². The van der Waals surface area contributed by atoms with Gasteiger partial charge in [-0.05, 0) is 35.4 Å². The SMILES string of the molecule is O=C(NCc1ccccc1)c1cccc(CN2CCN(S(=O)(=O)c3ccccc3)CC2)c1. The highest BCUT2D eigenvalue weighted by Gasteiger charge is 2.28. The number of piperazine rings is 1. The van der Waals surface area contributed by atoms with Crippen LogP contribution in [0.4, 0.5) is 0 Å². The van der Waals surface area contributed by atoms with Gasteiger partial charge in [-0.3, -0.25) is 9.69 Å². The van der Waals surface area contributed by atoms with Crippen LogP contribution in [0.15, 0.2) is 89.8 Å². The topological polar surface area (TPSA) is 69.7 Å². The van der Waals surface area contributed by atoms with Gasteiger partial charge in [0.25, 0.3) is 5.91 Å². The van der Waals surface area contributed by atoms with E-state index in [1.54, 1.807) is 28.6 Å². The van der Waals surface area contributed by atoms with Gasteiger partial charge in [-0.15, -0.1) is 0 Å². The fraction of sp³-hybridized carbons (Fsp3) is 0.240. The average Bonchev–Trinajstić information content (AvgIpc) is 2.84. The molecule has 0 unspecified atom stereocenters. The Morgan fingerprint density at radius 1 is 0.781 bits per heavy atom.